The van der Waals surface area contributed by atoms with Crippen LogP contribution in [0.3, 0.4) is 0 Å². The van der Waals surface area contributed by atoms with Crippen LogP contribution in [0.2, 0.25) is 0 Å². The maximum atomic E-state index is 13.1. The molecule has 1 aliphatic rings. The van der Waals surface area contributed by atoms with E-state index in [0.29, 0.717) is 12.5 Å². The second-order valence-electron chi connectivity index (χ2n) is 7.89. The molecule has 3 heteroatoms. The van der Waals surface area contributed by atoms with Crippen LogP contribution in [0, 0.1) is 0 Å². The van der Waals surface area contributed by atoms with Gasteiger partial charge in [0.25, 0.3) is 5.91 Å². The summed E-state index contributed by atoms with van der Waals surface area (Å²) in [7, 11) is 0. The van der Waals surface area contributed by atoms with Crippen LogP contribution in [0.15, 0.2) is 78.9 Å². The third kappa shape index (κ3) is 4.87. The monoisotopic (exact) mass is 396 g/mol. The number of rotatable bonds is 5. The topological polar surface area (TPSA) is 46.3 Å². The van der Waals surface area contributed by atoms with Crippen LogP contribution in [-0.2, 0) is 6.54 Å². The van der Waals surface area contributed by atoms with Crippen LogP contribution in [0.4, 0.5) is 0 Å². The number of nitrogens with two attached hydrogens (primary N) is 1. The summed E-state index contributed by atoms with van der Waals surface area (Å²) in [5.41, 5.74) is 11.2. The predicted octanol–water partition coefficient (Wildman–Crippen LogP) is 5.34. The first-order valence-electron chi connectivity index (χ1n) is 10.6. The summed E-state index contributed by atoms with van der Waals surface area (Å²) >= 11 is 0. The maximum Gasteiger partial charge on any atom is 0.253 e. The van der Waals surface area contributed by atoms with E-state index in [0.717, 1.165) is 42.6 Å². The van der Waals surface area contributed by atoms with E-state index in [2.05, 4.69) is 48.6 Å². The van der Waals surface area contributed by atoms with Gasteiger partial charge in [-0.2, -0.15) is 0 Å². The highest BCUT2D eigenvalue weighted by Crippen LogP contribution is 2.29. The highest BCUT2D eigenvalue weighted by atomic mass is 16.2. The summed E-state index contributed by atoms with van der Waals surface area (Å²) in [4.78, 5) is 15.0. The molecule has 0 saturated carbocycles. The number of hydrogen-bond donors (Lipinski definition) is 1. The number of piperidine rings is 1. The molecule has 1 amide bonds. The molecular formula is C27H28N2O. The minimum Gasteiger partial charge on any atom is -0.339 e. The molecule has 1 heterocycles. The summed E-state index contributed by atoms with van der Waals surface area (Å²) in [6.45, 7) is 2.15. The molecule has 0 unspecified atom stereocenters. The van der Waals surface area contributed by atoms with Crippen molar-refractivity contribution < 1.29 is 4.79 Å². The summed E-state index contributed by atoms with van der Waals surface area (Å²) in [6, 6.07) is 26.6. The minimum absolute atomic E-state index is 0.124. The molecular weight excluding hydrogens is 368 g/mol. The number of nitrogens with zero attached hydrogens (tertiary/aromatic N) is 1. The van der Waals surface area contributed by atoms with E-state index >= 15 is 0 Å². The summed E-state index contributed by atoms with van der Waals surface area (Å²) in [5.74, 6) is 0.625. The van der Waals surface area contributed by atoms with Crippen molar-refractivity contribution in [2.45, 2.75) is 25.3 Å². The molecule has 0 bridgehead atoms. The molecule has 3 aromatic rings. The zero-order valence-electron chi connectivity index (χ0n) is 17.2. The van der Waals surface area contributed by atoms with Gasteiger partial charge in [0, 0.05) is 25.2 Å². The molecule has 0 spiro atoms. The normalized spacial score (nSPS) is 14.9. The van der Waals surface area contributed by atoms with Crippen LogP contribution < -0.4 is 5.73 Å². The molecule has 0 atom stereocenters. The van der Waals surface area contributed by atoms with Crippen molar-refractivity contribution in [3.63, 3.8) is 0 Å². The van der Waals surface area contributed by atoms with E-state index < -0.39 is 0 Å². The second kappa shape index (κ2) is 9.55. The summed E-state index contributed by atoms with van der Waals surface area (Å²) in [5, 5.41) is 0. The zero-order valence-corrected chi connectivity index (χ0v) is 17.2. The fourth-order valence-corrected chi connectivity index (χ4v) is 4.10. The van der Waals surface area contributed by atoms with Crippen molar-refractivity contribution in [3.05, 3.63) is 107 Å². The first-order chi connectivity index (χ1) is 14.7. The predicted molar refractivity (Wildman–Crippen MR) is 124 cm³/mol. The van der Waals surface area contributed by atoms with Gasteiger partial charge in [-0.1, -0.05) is 78.9 Å². The number of benzene rings is 3. The van der Waals surface area contributed by atoms with Gasteiger partial charge in [-0.15, -0.1) is 0 Å². The van der Waals surface area contributed by atoms with Gasteiger partial charge >= 0.3 is 0 Å². The Hall–Kier alpha value is -3.17. The SMILES string of the molecule is NCc1cccc(C2CCN(C(=O)c3cccc(C=Cc4ccccc4)c3)CC2)c1. The van der Waals surface area contributed by atoms with Crippen molar-refractivity contribution in [1.29, 1.82) is 0 Å². The molecule has 0 aromatic heterocycles. The van der Waals surface area contributed by atoms with Gasteiger partial charge in [0.2, 0.25) is 0 Å². The quantitative estimate of drug-likeness (QED) is 0.592. The molecule has 4 rings (SSSR count). The number of hydrogen-bond acceptors (Lipinski definition) is 2. The molecule has 3 nitrogen and oxygen atoms in total. The smallest absolute Gasteiger partial charge is 0.253 e. The van der Waals surface area contributed by atoms with Crippen LogP contribution in [0.25, 0.3) is 12.2 Å². The number of amides is 1. The van der Waals surface area contributed by atoms with Crippen LogP contribution in [0.5, 0.6) is 0 Å². The van der Waals surface area contributed by atoms with Crippen LogP contribution >= 0.6 is 0 Å². The average Bonchev–Trinajstić information content (AvgIpc) is 2.83. The van der Waals surface area contributed by atoms with E-state index in [1.54, 1.807) is 0 Å². The van der Waals surface area contributed by atoms with Crippen molar-refractivity contribution in [1.82, 2.24) is 4.90 Å². The molecule has 30 heavy (non-hydrogen) atoms. The number of carbonyl (C=O) groups excluding carboxylic acids is 1. The van der Waals surface area contributed by atoms with Gasteiger partial charge in [-0.25, -0.2) is 0 Å². The molecule has 2 N–H and O–H groups in total. The molecule has 1 saturated heterocycles. The Balaban J connectivity index is 1.40. The third-order valence-corrected chi connectivity index (χ3v) is 5.84. The van der Waals surface area contributed by atoms with Gasteiger partial charge in [0.1, 0.15) is 0 Å². The minimum atomic E-state index is 0.124. The Morgan fingerprint density at radius 2 is 1.57 bits per heavy atom. The average molecular weight is 397 g/mol. The first-order valence-corrected chi connectivity index (χ1v) is 10.6. The first kappa shape index (κ1) is 20.1. The van der Waals surface area contributed by atoms with Crippen molar-refractivity contribution in [2.24, 2.45) is 5.73 Å². The van der Waals surface area contributed by atoms with E-state index in [1.165, 1.54) is 11.1 Å². The fraction of sp³-hybridized carbons (Fsp3) is 0.222. The Labute approximate surface area is 178 Å². The lowest BCUT2D eigenvalue weighted by Crippen LogP contribution is -2.37. The summed E-state index contributed by atoms with van der Waals surface area (Å²) in [6.07, 6.45) is 6.12. The lowest BCUT2D eigenvalue weighted by atomic mass is 9.88. The Kier molecular flexibility index (Phi) is 6.41. The van der Waals surface area contributed by atoms with Gasteiger partial charge in [-0.3, -0.25) is 4.79 Å². The lowest BCUT2D eigenvalue weighted by molar-refractivity contribution is 0.0713. The lowest BCUT2D eigenvalue weighted by Gasteiger charge is -2.32. The standard InChI is InChI=1S/C27H28N2O/c28-20-23-9-5-10-25(19-23)24-14-16-29(17-15-24)27(30)26-11-4-8-22(18-26)13-12-21-6-2-1-3-7-21/h1-13,18-19,24H,14-17,20,28H2. The van der Waals surface area contributed by atoms with E-state index in [1.807, 2.05) is 47.4 Å². The van der Waals surface area contributed by atoms with Crippen LogP contribution in [0.1, 0.15) is 51.4 Å². The van der Waals surface area contributed by atoms with Crippen molar-refractivity contribution in [3.8, 4) is 0 Å². The van der Waals surface area contributed by atoms with E-state index in [-0.39, 0.29) is 5.91 Å². The zero-order chi connectivity index (χ0) is 20.8. The number of carbonyl (C=O) groups is 1. The fourth-order valence-electron chi connectivity index (χ4n) is 4.10. The maximum absolute atomic E-state index is 13.1. The van der Waals surface area contributed by atoms with Crippen molar-refractivity contribution in [2.75, 3.05) is 13.1 Å². The Morgan fingerprint density at radius 3 is 2.33 bits per heavy atom. The van der Waals surface area contributed by atoms with Crippen molar-refractivity contribution >= 4 is 18.1 Å². The van der Waals surface area contributed by atoms with E-state index in [9.17, 15) is 4.79 Å². The van der Waals surface area contributed by atoms with Gasteiger partial charge in [0.15, 0.2) is 0 Å². The molecule has 0 aliphatic carbocycles. The molecule has 1 aliphatic heterocycles. The number of likely N-dealkylation sites (tertiary alicyclic amines) is 1. The molecule has 3 aromatic carbocycles. The highest BCUT2D eigenvalue weighted by Gasteiger charge is 2.24. The Morgan fingerprint density at radius 1 is 0.867 bits per heavy atom. The highest BCUT2D eigenvalue weighted by molar-refractivity contribution is 5.95. The van der Waals surface area contributed by atoms with E-state index in [4.69, 9.17) is 5.73 Å². The largest absolute Gasteiger partial charge is 0.339 e. The third-order valence-electron chi connectivity index (χ3n) is 5.84. The molecule has 152 valence electrons. The Bertz CT molecular complexity index is 1020. The summed E-state index contributed by atoms with van der Waals surface area (Å²) < 4.78 is 0. The van der Waals surface area contributed by atoms with Gasteiger partial charge in [-0.05, 0) is 53.1 Å². The molecule has 1 fully saturated rings. The van der Waals surface area contributed by atoms with Crippen LogP contribution in [-0.4, -0.2) is 23.9 Å². The second-order valence-corrected chi connectivity index (χ2v) is 7.89. The van der Waals surface area contributed by atoms with Gasteiger partial charge in [0.05, 0.1) is 0 Å². The van der Waals surface area contributed by atoms with Gasteiger partial charge < -0.3 is 10.6 Å². The molecule has 0 radical (unpaired) electrons.